The zero-order valence-electron chi connectivity index (χ0n) is 12.5. The molecule has 1 fully saturated rings. The van der Waals surface area contributed by atoms with E-state index in [1.54, 1.807) is 17.8 Å². The van der Waals surface area contributed by atoms with Gasteiger partial charge in [0.05, 0.1) is 0 Å². The summed E-state index contributed by atoms with van der Waals surface area (Å²) in [6, 6.07) is 14.3. The summed E-state index contributed by atoms with van der Waals surface area (Å²) >= 11 is 1.68. The molecule has 1 amide bonds. The normalized spacial score (nSPS) is 17.7. The maximum Gasteiger partial charge on any atom is 0.255 e. The van der Waals surface area contributed by atoms with Gasteiger partial charge in [-0.1, -0.05) is 31.2 Å². The fourth-order valence-corrected chi connectivity index (χ4v) is 3.91. The van der Waals surface area contributed by atoms with Crippen LogP contribution in [0.1, 0.15) is 33.8 Å². The van der Waals surface area contributed by atoms with Gasteiger partial charge in [0.2, 0.25) is 0 Å². The van der Waals surface area contributed by atoms with Crippen LogP contribution in [0.3, 0.4) is 0 Å². The highest BCUT2D eigenvalue weighted by Crippen LogP contribution is 2.38. The summed E-state index contributed by atoms with van der Waals surface area (Å²) in [5.74, 6) is 0.631. The molecule has 1 heterocycles. The molecule has 1 unspecified atom stereocenters. The average molecular weight is 315 g/mol. The van der Waals surface area contributed by atoms with Gasteiger partial charge in [-0.05, 0) is 41.8 Å². The minimum atomic E-state index is -0.260. The zero-order valence-corrected chi connectivity index (χ0v) is 13.3. The molecule has 1 aliphatic heterocycles. The van der Waals surface area contributed by atoms with E-state index in [1.807, 2.05) is 35.2 Å². The maximum absolute atomic E-state index is 13.4. The summed E-state index contributed by atoms with van der Waals surface area (Å²) in [5.41, 5.74) is 2.76. The Morgan fingerprint density at radius 1 is 1.27 bits per heavy atom. The first-order valence-electron chi connectivity index (χ1n) is 7.46. The Morgan fingerprint density at radius 2 is 2.05 bits per heavy atom. The van der Waals surface area contributed by atoms with E-state index in [9.17, 15) is 9.18 Å². The molecule has 22 heavy (non-hydrogen) atoms. The topological polar surface area (TPSA) is 20.3 Å². The summed E-state index contributed by atoms with van der Waals surface area (Å²) in [4.78, 5) is 14.6. The number of rotatable bonds is 3. The molecule has 0 saturated carbocycles. The molecule has 3 rings (SSSR count). The molecule has 2 aromatic carbocycles. The standard InChI is InChI=1S/C18H18FNOS/c1-2-13-6-8-14(9-7-13)17(21)20-10-11-22-18(20)15-4-3-5-16(19)12-15/h3-9,12,18H,2,10-11H2,1H3. The SMILES string of the molecule is CCc1ccc(C(=O)N2CCSC2c2cccc(F)c2)cc1. The fraction of sp³-hybridized carbons (Fsp3) is 0.278. The number of hydrogen-bond acceptors (Lipinski definition) is 2. The Labute approximate surface area is 134 Å². The van der Waals surface area contributed by atoms with Gasteiger partial charge >= 0.3 is 0 Å². The van der Waals surface area contributed by atoms with Crippen molar-refractivity contribution < 1.29 is 9.18 Å². The van der Waals surface area contributed by atoms with Crippen LogP contribution in [0.15, 0.2) is 48.5 Å². The Morgan fingerprint density at radius 3 is 2.73 bits per heavy atom. The Kier molecular flexibility index (Phi) is 4.48. The van der Waals surface area contributed by atoms with Crippen LogP contribution < -0.4 is 0 Å². The number of nitrogens with zero attached hydrogens (tertiary/aromatic N) is 1. The first-order chi connectivity index (χ1) is 10.7. The molecular formula is C18H18FNOS. The van der Waals surface area contributed by atoms with Gasteiger partial charge in [0.1, 0.15) is 11.2 Å². The van der Waals surface area contributed by atoms with Crippen LogP contribution in [-0.2, 0) is 6.42 Å². The van der Waals surface area contributed by atoms with Crippen LogP contribution >= 0.6 is 11.8 Å². The molecule has 2 aromatic rings. The second kappa shape index (κ2) is 6.53. The summed E-state index contributed by atoms with van der Waals surface area (Å²) in [7, 11) is 0. The van der Waals surface area contributed by atoms with E-state index in [0.29, 0.717) is 12.1 Å². The summed E-state index contributed by atoms with van der Waals surface area (Å²) in [6.45, 7) is 2.79. The molecule has 114 valence electrons. The quantitative estimate of drug-likeness (QED) is 0.843. The number of benzene rings is 2. The van der Waals surface area contributed by atoms with Crippen LogP contribution in [0.2, 0.25) is 0 Å². The lowest BCUT2D eigenvalue weighted by Gasteiger charge is -2.24. The minimum absolute atomic E-state index is 0.0157. The first kappa shape index (κ1) is 15.1. The third kappa shape index (κ3) is 3.02. The molecule has 1 atom stereocenters. The third-order valence-corrected chi connectivity index (χ3v) is 5.16. The van der Waals surface area contributed by atoms with Crippen molar-refractivity contribution in [3.05, 3.63) is 71.0 Å². The lowest BCUT2D eigenvalue weighted by atomic mass is 10.1. The molecule has 0 aromatic heterocycles. The van der Waals surface area contributed by atoms with Crippen LogP contribution in [0, 0.1) is 5.82 Å². The van der Waals surface area contributed by atoms with Gasteiger partial charge in [-0.3, -0.25) is 4.79 Å². The van der Waals surface area contributed by atoms with Gasteiger partial charge in [-0.25, -0.2) is 4.39 Å². The Bertz CT molecular complexity index is 671. The molecule has 2 nitrogen and oxygen atoms in total. The van der Waals surface area contributed by atoms with Crippen molar-refractivity contribution in [2.24, 2.45) is 0 Å². The molecule has 4 heteroatoms. The van der Waals surface area contributed by atoms with E-state index in [0.717, 1.165) is 17.7 Å². The second-order valence-corrected chi connectivity index (χ2v) is 6.52. The smallest absolute Gasteiger partial charge is 0.255 e. The van der Waals surface area contributed by atoms with Gasteiger partial charge < -0.3 is 4.90 Å². The number of amides is 1. The van der Waals surface area contributed by atoms with Crippen LogP contribution in [-0.4, -0.2) is 23.1 Å². The molecule has 0 N–H and O–H groups in total. The summed E-state index contributed by atoms with van der Waals surface area (Å²) < 4.78 is 13.4. The van der Waals surface area contributed by atoms with Gasteiger partial charge in [-0.15, -0.1) is 11.8 Å². The predicted molar refractivity (Wildman–Crippen MR) is 88.5 cm³/mol. The highest BCUT2D eigenvalue weighted by molar-refractivity contribution is 7.99. The lowest BCUT2D eigenvalue weighted by Crippen LogP contribution is -2.30. The highest BCUT2D eigenvalue weighted by atomic mass is 32.2. The van der Waals surface area contributed by atoms with Crippen molar-refractivity contribution in [1.29, 1.82) is 0 Å². The van der Waals surface area contributed by atoms with E-state index in [2.05, 4.69) is 6.92 Å². The van der Waals surface area contributed by atoms with E-state index < -0.39 is 0 Å². The minimum Gasteiger partial charge on any atom is -0.322 e. The molecule has 1 aliphatic rings. The van der Waals surface area contributed by atoms with E-state index in [4.69, 9.17) is 0 Å². The summed E-state index contributed by atoms with van der Waals surface area (Å²) in [6.07, 6.45) is 0.958. The Hall–Kier alpha value is -1.81. The monoisotopic (exact) mass is 315 g/mol. The largest absolute Gasteiger partial charge is 0.322 e. The second-order valence-electron chi connectivity index (χ2n) is 5.33. The van der Waals surface area contributed by atoms with Crippen molar-refractivity contribution in [2.75, 3.05) is 12.3 Å². The number of aryl methyl sites for hydroxylation is 1. The Balaban J connectivity index is 1.84. The molecule has 1 saturated heterocycles. The van der Waals surface area contributed by atoms with Gasteiger partial charge in [0.25, 0.3) is 5.91 Å². The van der Waals surface area contributed by atoms with E-state index >= 15 is 0 Å². The molecule has 0 bridgehead atoms. The van der Waals surface area contributed by atoms with Crippen LogP contribution in [0.25, 0.3) is 0 Å². The lowest BCUT2D eigenvalue weighted by molar-refractivity contribution is 0.0760. The summed E-state index contributed by atoms with van der Waals surface area (Å²) in [5, 5.41) is -0.103. The van der Waals surface area contributed by atoms with E-state index in [1.165, 1.54) is 17.7 Å². The zero-order chi connectivity index (χ0) is 15.5. The van der Waals surface area contributed by atoms with Crippen molar-refractivity contribution in [2.45, 2.75) is 18.7 Å². The highest BCUT2D eigenvalue weighted by Gasteiger charge is 2.31. The number of thioether (sulfide) groups is 1. The maximum atomic E-state index is 13.4. The number of hydrogen-bond donors (Lipinski definition) is 0. The fourth-order valence-electron chi connectivity index (χ4n) is 2.66. The van der Waals surface area contributed by atoms with Gasteiger partial charge in [-0.2, -0.15) is 0 Å². The van der Waals surface area contributed by atoms with Crippen molar-refractivity contribution >= 4 is 17.7 Å². The van der Waals surface area contributed by atoms with Crippen molar-refractivity contribution in [1.82, 2.24) is 4.90 Å². The number of carbonyl (C=O) groups excluding carboxylic acids is 1. The van der Waals surface area contributed by atoms with Crippen molar-refractivity contribution in [3.8, 4) is 0 Å². The molecule has 0 aliphatic carbocycles. The van der Waals surface area contributed by atoms with Gasteiger partial charge in [0, 0.05) is 17.9 Å². The number of carbonyl (C=O) groups is 1. The van der Waals surface area contributed by atoms with Crippen molar-refractivity contribution in [3.63, 3.8) is 0 Å². The van der Waals surface area contributed by atoms with Crippen LogP contribution in [0.5, 0.6) is 0 Å². The van der Waals surface area contributed by atoms with Gasteiger partial charge in [0.15, 0.2) is 0 Å². The average Bonchev–Trinajstić information content (AvgIpc) is 3.04. The predicted octanol–water partition coefficient (Wildman–Crippen LogP) is 4.28. The third-order valence-electron chi connectivity index (χ3n) is 3.89. The first-order valence-corrected chi connectivity index (χ1v) is 8.51. The van der Waals surface area contributed by atoms with E-state index in [-0.39, 0.29) is 17.1 Å². The molecule has 0 spiro atoms. The molecule has 0 radical (unpaired) electrons. The number of halogens is 1. The van der Waals surface area contributed by atoms with Crippen LogP contribution in [0.4, 0.5) is 4.39 Å². The molecular weight excluding hydrogens is 297 g/mol.